The third-order valence-corrected chi connectivity index (χ3v) is 5.72. The van der Waals surface area contributed by atoms with Crippen molar-refractivity contribution in [2.45, 2.75) is 45.4 Å². The van der Waals surface area contributed by atoms with Gasteiger partial charge in [-0.25, -0.2) is 4.98 Å². The molecule has 2 aromatic heterocycles. The number of halogens is 2. The summed E-state index contributed by atoms with van der Waals surface area (Å²) in [6.07, 6.45) is 2.97. The van der Waals surface area contributed by atoms with Crippen molar-refractivity contribution in [2.24, 2.45) is 0 Å². The van der Waals surface area contributed by atoms with E-state index >= 15 is 0 Å². The SMILES string of the molecule is Cc1ncc(COc2ccc3oc(C)c(C(=O)NC4(COC(F)F)CC4)c3c2)s1. The number of amides is 1. The first kappa shape index (κ1) is 19.8. The number of carbonyl (C=O) groups excluding carboxylic acids is 1. The van der Waals surface area contributed by atoms with Crippen LogP contribution in [0, 0.1) is 13.8 Å². The number of nitrogens with one attached hydrogen (secondary N) is 1. The molecule has 1 aliphatic carbocycles. The van der Waals surface area contributed by atoms with Crippen molar-refractivity contribution in [3.63, 3.8) is 0 Å². The van der Waals surface area contributed by atoms with E-state index in [1.807, 2.05) is 6.92 Å². The largest absolute Gasteiger partial charge is 0.488 e. The van der Waals surface area contributed by atoms with Gasteiger partial charge in [0.2, 0.25) is 0 Å². The van der Waals surface area contributed by atoms with E-state index in [-0.39, 0.29) is 12.5 Å². The van der Waals surface area contributed by atoms with Gasteiger partial charge in [0.25, 0.3) is 5.91 Å². The van der Waals surface area contributed by atoms with E-state index in [1.165, 1.54) is 0 Å². The molecule has 1 aromatic carbocycles. The second kappa shape index (κ2) is 7.72. The molecule has 0 unspecified atom stereocenters. The molecule has 1 fully saturated rings. The van der Waals surface area contributed by atoms with E-state index in [1.54, 1.807) is 42.7 Å². The molecule has 0 aliphatic heterocycles. The first-order chi connectivity index (χ1) is 13.8. The lowest BCUT2D eigenvalue weighted by molar-refractivity contribution is -0.135. The van der Waals surface area contributed by atoms with Crippen LogP contribution >= 0.6 is 11.3 Å². The number of furan rings is 1. The van der Waals surface area contributed by atoms with Crippen LogP contribution in [0.4, 0.5) is 8.78 Å². The van der Waals surface area contributed by atoms with Crippen molar-refractivity contribution in [1.82, 2.24) is 10.3 Å². The van der Waals surface area contributed by atoms with Gasteiger partial charge in [0, 0.05) is 11.6 Å². The van der Waals surface area contributed by atoms with Gasteiger partial charge < -0.3 is 19.2 Å². The zero-order valence-corrected chi connectivity index (χ0v) is 16.8. The third kappa shape index (κ3) is 4.40. The van der Waals surface area contributed by atoms with Crippen molar-refractivity contribution in [1.29, 1.82) is 0 Å². The van der Waals surface area contributed by atoms with Crippen LogP contribution in [0.25, 0.3) is 11.0 Å². The number of benzene rings is 1. The molecule has 2 heterocycles. The number of hydrogen-bond donors (Lipinski definition) is 1. The van der Waals surface area contributed by atoms with Gasteiger partial charge in [-0.05, 0) is 44.9 Å². The summed E-state index contributed by atoms with van der Waals surface area (Å²) < 4.78 is 40.6. The van der Waals surface area contributed by atoms with Crippen molar-refractivity contribution in [3.8, 4) is 5.75 Å². The lowest BCUT2D eigenvalue weighted by Crippen LogP contribution is -2.41. The van der Waals surface area contributed by atoms with Gasteiger partial charge in [0.15, 0.2) is 0 Å². The summed E-state index contributed by atoms with van der Waals surface area (Å²) >= 11 is 1.56. The van der Waals surface area contributed by atoms with Crippen LogP contribution in [0.2, 0.25) is 0 Å². The molecule has 3 aromatic rings. The molecule has 0 bridgehead atoms. The minimum absolute atomic E-state index is 0.214. The van der Waals surface area contributed by atoms with Crippen LogP contribution in [0.15, 0.2) is 28.8 Å². The highest BCUT2D eigenvalue weighted by Gasteiger charge is 2.45. The molecule has 1 N–H and O–H groups in total. The molecular formula is C20H20F2N2O4S. The predicted octanol–water partition coefficient (Wildman–Crippen LogP) is 4.59. The van der Waals surface area contributed by atoms with Crippen LogP contribution in [0.1, 0.15) is 38.8 Å². The molecule has 0 spiro atoms. The minimum Gasteiger partial charge on any atom is -0.488 e. The highest BCUT2D eigenvalue weighted by molar-refractivity contribution is 7.11. The Hall–Kier alpha value is -2.52. The number of thiazole rings is 1. The number of aryl methyl sites for hydroxylation is 2. The molecule has 0 radical (unpaired) electrons. The predicted molar refractivity (Wildman–Crippen MR) is 104 cm³/mol. The summed E-state index contributed by atoms with van der Waals surface area (Å²) in [5.41, 5.74) is 0.200. The van der Waals surface area contributed by atoms with Gasteiger partial charge in [0.05, 0.1) is 27.6 Å². The number of alkyl halides is 2. The van der Waals surface area contributed by atoms with Gasteiger partial charge in [0.1, 0.15) is 23.7 Å². The van der Waals surface area contributed by atoms with E-state index in [9.17, 15) is 13.6 Å². The average molecular weight is 422 g/mol. The summed E-state index contributed by atoms with van der Waals surface area (Å²) in [4.78, 5) is 18.1. The maximum absolute atomic E-state index is 12.9. The zero-order valence-electron chi connectivity index (χ0n) is 16.0. The fourth-order valence-corrected chi connectivity index (χ4v) is 3.89. The summed E-state index contributed by atoms with van der Waals surface area (Å²) in [6.45, 7) is 0.934. The van der Waals surface area contributed by atoms with Crippen molar-refractivity contribution >= 4 is 28.2 Å². The maximum Gasteiger partial charge on any atom is 0.345 e. The van der Waals surface area contributed by atoms with E-state index < -0.39 is 12.2 Å². The van der Waals surface area contributed by atoms with Crippen LogP contribution in [0.3, 0.4) is 0 Å². The highest BCUT2D eigenvalue weighted by Crippen LogP contribution is 2.37. The number of aromatic nitrogens is 1. The van der Waals surface area contributed by atoms with Gasteiger partial charge in [-0.1, -0.05) is 0 Å². The van der Waals surface area contributed by atoms with Crippen LogP contribution < -0.4 is 10.1 Å². The Kier molecular flexibility index (Phi) is 5.26. The van der Waals surface area contributed by atoms with Gasteiger partial charge in [-0.3, -0.25) is 4.79 Å². The molecule has 1 aliphatic rings. The monoisotopic (exact) mass is 422 g/mol. The molecule has 9 heteroatoms. The van der Waals surface area contributed by atoms with E-state index in [4.69, 9.17) is 9.15 Å². The fourth-order valence-electron chi connectivity index (χ4n) is 3.18. The Morgan fingerprint density at radius 3 is 2.83 bits per heavy atom. The number of ether oxygens (including phenoxy) is 2. The summed E-state index contributed by atoms with van der Waals surface area (Å²) in [7, 11) is 0. The molecule has 4 rings (SSSR count). The molecule has 0 atom stereocenters. The summed E-state index contributed by atoms with van der Waals surface area (Å²) in [6, 6.07) is 5.28. The first-order valence-electron chi connectivity index (χ1n) is 9.15. The Balaban J connectivity index is 1.52. The smallest absolute Gasteiger partial charge is 0.345 e. The van der Waals surface area contributed by atoms with E-state index in [0.29, 0.717) is 47.5 Å². The maximum atomic E-state index is 12.9. The molecule has 29 heavy (non-hydrogen) atoms. The zero-order chi connectivity index (χ0) is 20.6. The Labute approximate surface area is 169 Å². The molecular weight excluding hydrogens is 402 g/mol. The normalized spacial score (nSPS) is 15.1. The lowest BCUT2D eigenvalue weighted by Gasteiger charge is -2.17. The van der Waals surface area contributed by atoms with Crippen LogP contribution in [0.5, 0.6) is 5.75 Å². The number of rotatable bonds is 8. The summed E-state index contributed by atoms with van der Waals surface area (Å²) in [5, 5.41) is 4.41. The van der Waals surface area contributed by atoms with Crippen LogP contribution in [-0.2, 0) is 11.3 Å². The molecule has 1 saturated carbocycles. The standard InChI is InChI=1S/C20H20F2N2O4S/c1-11-17(18(25)24-20(5-6-20)10-27-19(21)22)15-7-13(3-4-16(15)28-11)26-9-14-8-23-12(2)29-14/h3-4,7-8,19H,5-6,9-10H2,1-2H3,(H,24,25). The van der Waals surface area contributed by atoms with Crippen molar-refractivity contribution in [3.05, 3.63) is 45.6 Å². The Morgan fingerprint density at radius 1 is 1.38 bits per heavy atom. The van der Waals surface area contributed by atoms with Gasteiger partial charge in [-0.2, -0.15) is 8.78 Å². The van der Waals surface area contributed by atoms with Crippen molar-refractivity contribution in [2.75, 3.05) is 6.61 Å². The molecule has 0 saturated heterocycles. The average Bonchev–Trinajstić information content (AvgIpc) is 3.16. The van der Waals surface area contributed by atoms with Crippen molar-refractivity contribution < 1.29 is 27.5 Å². The Bertz CT molecular complexity index is 1040. The highest BCUT2D eigenvalue weighted by atomic mass is 32.1. The number of fused-ring (bicyclic) bond motifs is 1. The van der Waals surface area contributed by atoms with Gasteiger partial charge in [-0.15, -0.1) is 11.3 Å². The molecule has 154 valence electrons. The topological polar surface area (TPSA) is 73.6 Å². The summed E-state index contributed by atoms with van der Waals surface area (Å²) in [5.74, 6) is 0.686. The quantitative estimate of drug-likeness (QED) is 0.575. The van der Waals surface area contributed by atoms with E-state index in [0.717, 1.165) is 9.88 Å². The van der Waals surface area contributed by atoms with E-state index in [2.05, 4.69) is 15.0 Å². The number of hydrogen-bond acceptors (Lipinski definition) is 6. The van der Waals surface area contributed by atoms with Gasteiger partial charge >= 0.3 is 6.61 Å². The van der Waals surface area contributed by atoms with Crippen LogP contribution in [-0.4, -0.2) is 29.6 Å². The number of nitrogens with zero attached hydrogens (tertiary/aromatic N) is 1. The fraction of sp³-hybridized carbons (Fsp3) is 0.400. The molecule has 6 nitrogen and oxygen atoms in total. The third-order valence-electron chi connectivity index (χ3n) is 4.83. The second-order valence-corrected chi connectivity index (χ2v) is 8.45. The number of carbonyl (C=O) groups is 1. The Morgan fingerprint density at radius 2 is 2.17 bits per heavy atom. The minimum atomic E-state index is -2.86. The first-order valence-corrected chi connectivity index (χ1v) is 9.96. The lowest BCUT2D eigenvalue weighted by atomic mass is 10.1. The molecule has 1 amide bonds. The second-order valence-electron chi connectivity index (χ2n) is 7.13.